The quantitative estimate of drug-likeness (QED) is 0.486. The Balaban J connectivity index is 2.22. The molecule has 3 nitrogen and oxygen atoms in total. The molecule has 0 bridgehead atoms. The lowest BCUT2D eigenvalue weighted by molar-refractivity contribution is 0.108. The van der Waals surface area contributed by atoms with Gasteiger partial charge < -0.3 is 5.11 Å². The van der Waals surface area contributed by atoms with Crippen molar-refractivity contribution < 1.29 is 5.11 Å². The molecule has 0 saturated carbocycles. The number of nitrogens with one attached hydrogen (secondary N) is 1. The maximum Gasteiger partial charge on any atom is 0.118 e. The van der Waals surface area contributed by atoms with Crippen LogP contribution in [0.15, 0.2) is 0 Å². The van der Waals surface area contributed by atoms with Crippen molar-refractivity contribution in [2.75, 3.05) is 13.1 Å². The molecule has 48 valence electrons. The van der Waals surface area contributed by atoms with Gasteiger partial charge in [-0.05, 0) is 0 Å². The van der Waals surface area contributed by atoms with Crippen LogP contribution >= 0.6 is 0 Å². The third-order valence-corrected chi connectivity index (χ3v) is 1.39. The third kappa shape index (κ3) is 1.18. The van der Waals surface area contributed by atoms with Crippen LogP contribution in [0, 0.1) is 0 Å². The van der Waals surface area contributed by atoms with Gasteiger partial charge in [0.2, 0.25) is 0 Å². The average molecular weight is 116 g/mol. The van der Waals surface area contributed by atoms with Crippen LogP contribution in [-0.4, -0.2) is 29.4 Å². The summed E-state index contributed by atoms with van der Waals surface area (Å²) in [7, 11) is 0. The van der Waals surface area contributed by atoms with E-state index in [1.807, 2.05) is 5.01 Å². The molecule has 0 spiro atoms. The molecule has 1 heterocycles. The van der Waals surface area contributed by atoms with Crippen molar-refractivity contribution in [2.24, 2.45) is 0 Å². The molecule has 1 aliphatic rings. The van der Waals surface area contributed by atoms with Crippen LogP contribution in [0.5, 0.6) is 0 Å². The van der Waals surface area contributed by atoms with Gasteiger partial charge in [0.15, 0.2) is 0 Å². The van der Waals surface area contributed by atoms with E-state index in [4.69, 9.17) is 5.11 Å². The van der Waals surface area contributed by atoms with Crippen LogP contribution in [0.25, 0.3) is 0 Å². The minimum Gasteiger partial charge on any atom is -0.377 e. The molecular formula is C5H12N2O. The molecule has 0 aliphatic carbocycles. The molecule has 8 heavy (non-hydrogen) atoms. The minimum atomic E-state index is -0.296. The average Bonchev–Trinajstić information content (AvgIpc) is 2.14. The second kappa shape index (κ2) is 2.44. The van der Waals surface area contributed by atoms with Gasteiger partial charge in [-0.25, -0.2) is 10.4 Å². The number of nitrogens with zero attached hydrogens (tertiary/aromatic N) is 1. The summed E-state index contributed by atoms with van der Waals surface area (Å²) in [5.41, 5.74) is 2.89. The Bertz CT molecular complexity index is 76.8. The van der Waals surface area contributed by atoms with Gasteiger partial charge in [0, 0.05) is 19.5 Å². The van der Waals surface area contributed by atoms with Crippen LogP contribution in [0.4, 0.5) is 0 Å². The van der Waals surface area contributed by atoms with Crippen molar-refractivity contribution in [1.82, 2.24) is 10.4 Å². The highest BCUT2D eigenvalue weighted by Gasteiger charge is 2.16. The molecule has 1 fully saturated rings. The fourth-order valence-corrected chi connectivity index (χ4v) is 0.867. The second-order valence-corrected chi connectivity index (χ2v) is 2.01. The Kier molecular flexibility index (Phi) is 1.83. The molecule has 0 aromatic heterocycles. The highest BCUT2D eigenvalue weighted by atomic mass is 16.3. The summed E-state index contributed by atoms with van der Waals surface area (Å²) in [4.78, 5) is 0. The van der Waals surface area contributed by atoms with Crippen molar-refractivity contribution >= 4 is 0 Å². The van der Waals surface area contributed by atoms with Crippen molar-refractivity contribution in [3.8, 4) is 0 Å². The lowest BCUT2D eigenvalue weighted by atomic mass is 10.4. The number of hydrogen-bond donors (Lipinski definition) is 2. The third-order valence-electron chi connectivity index (χ3n) is 1.39. The molecule has 0 radical (unpaired) electrons. The van der Waals surface area contributed by atoms with Gasteiger partial charge in [0.25, 0.3) is 0 Å². The summed E-state index contributed by atoms with van der Waals surface area (Å²) < 4.78 is 0. The summed E-state index contributed by atoms with van der Waals surface area (Å²) in [5.74, 6) is 0. The van der Waals surface area contributed by atoms with Gasteiger partial charge in [-0.1, -0.05) is 6.92 Å². The van der Waals surface area contributed by atoms with E-state index in [0.29, 0.717) is 0 Å². The largest absolute Gasteiger partial charge is 0.377 e. The first-order valence-electron chi connectivity index (χ1n) is 3.02. The molecule has 0 amide bonds. The van der Waals surface area contributed by atoms with Gasteiger partial charge in [0.1, 0.15) is 6.23 Å². The number of rotatable bonds is 1. The summed E-state index contributed by atoms with van der Waals surface area (Å²) in [6.07, 6.45) is 0.559. The van der Waals surface area contributed by atoms with E-state index in [1.165, 1.54) is 0 Å². The van der Waals surface area contributed by atoms with E-state index in [1.54, 1.807) is 0 Å². The van der Waals surface area contributed by atoms with Crippen molar-refractivity contribution in [3.63, 3.8) is 0 Å². The van der Waals surface area contributed by atoms with Crippen LogP contribution in [0.2, 0.25) is 0 Å². The molecule has 1 unspecified atom stereocenters. The van der Waals surface area contributed by atoms with E-state index in [2.05, 4.69) is 12.3 Å². The highest BCUT2D eigenvalue weighted by molar-refractivity contribution is 4.63. The fraction of sp³-hybridized carbons (Fsp3) is 1.00. The Morgan fingerprint density at radius 2 is 2.62 bits per heavy atom. The van der Waals surface area contributed by atoms with Crippen LogP contribution in [0.3, 0.4) is 0 Å². The zero-order valence-corrected chi connectivity index (χ0v) is 5.09. The van der Waals surface area contributed by atoms with Crippen molar-refractivity contribution in [3.05, 3.63) is 0 Å². The number of aliphatic hydroxyl groups is 1. The van der Waals surface area contributed by atoms with E-state index < -0.39 is 0 Å². The van der Waals surface area contributed by atoms with Crippen LogP contribution < -0.4 is 5.43 Å². The summed E-state index contributed by atoms with van der Waals surface area (Å²) in [5, 5.41) is 10.9. The zero-order valence-electron chi connectivity index (χ0n) is 5.09. The smallest absolute Gasteiger partial charge is 0.118 e. The van der Waals surface area contributed by atoms with Crippen LogP contribution in [-0.2, 0) is 0 Å². The predicted octanol–water partition coefficient (Wildman–Crippen LogP) is -0.465. The maximum atomic E-state index is 8.88. The molecular weight excluding hydrogens is 104 g/mol. The topological polar surface area (TPSA) is 35.5 Å². The van der Waals surface area contributed by atoms with Gasteiger partial charge in [-0.2, -0.15) is 0 Å². The van der Waals surface area contributed by atoms with E-state index in [-0.39, 0.29) is 6.23 Å². The summed E-state index contributed by atoms with van der Waals surface area (Å²) in [6.45, 7) is 4.00. The lowest BCUT2D eigenvalue weighted by Crippen LogP contribution is -2.34. The van der Waals surface area contributed by atoms with E-state index in [0.717, 1.165) is 19.5 Å². The van der Waals surface area contributed by atoms with E-state index >= 15 is 0 Å². The predicted molar refractivity (Wildman–Crippen MR) is 31.0 cm³/mol. The molecule has 1 saturated heterocycles. The summed E-state index contributed by atoms with van der Waals surface area (Å²) >= 11 is 0. The first-order chi connectivity index (χ1) is 3.83. The molecule has 1 atom stereocenters. The van der Waals surface area contributed by atoms with Gasteiger partial charge in [-0.15, -0.1) is 0 Å². The monoisotopic (exact) mass is 116 g/mol. The van der Waals surface area contributed by atoms with Gasteiger partial charge in [-0.3, -0.25) is 0 Å². The normalized spacial score (nSPS) is 31.5. The summed E-state index contributed by atoms with van der Waals surface area (Å²) in [6, 6.07) is 0. The Hall–Kier alpha value is -0.120. The van der Waals surface area contributed by atoms with Crippen molar-refractivity contribution in [1.29, 1.82) is 0 Å². The lowest BCUT2D eigenvalue weighted by Gasteiger charge is -2.11. The first-order valence-corrected chi connectivity index (χ1v) is 3.02. The molecule has 0 aromatic carbocycles. The molecule has 3 heteroatoms. The molecule has 2 N–H and O–H groups in total. The molecule has 0 aromatic rings. The van der Waals surface area contributed by atoms with E-state index in [9.17, 15) is 0 Å². The molecule has 1 rings (SSSR count). The highest BCUT2D eigenvalue weighted by Crippen LogP contribution is 1.99. The maximum absolute atomic E-state index is 8.88. The zero-order chi connectivity index (χ0) is 5.98. The number of hydrogen-bond acceptors (Lipinski definition) is 3. The Morgan fingerprint density at radius 3 is 2.88 bits per heavy atom. The minimum absolute atomic E-state index is 0.296. The van der Waals surface area contributed by atoms with Gasteiger partial charge in [0.05, 0.1) is 0 Å². The number of aliphatic hydroxyl groups excluding tert-OH is 1. The van der Waals surface area contributed by atoms with Crippen molar-refractivity contribution in [2.45, 2.75) is 19.6 Å². The fourth-order valence-electron chi connectivity index (χ4n) is 0.867. The SMILES string of the molecule is CCN1CCC(O)N1. The Morgan fingerprint density at radius 1 is 1.88 bits per heavy atom. The molecule has 1 aliphatic heterocycles. The standard InChI is InChI=1S/C5H12N2O/c1-2-7-4-3-5(8)6-7/h5-6,8H,2-4H2,1H3. The first kappa shape index (κ1) is 6.01. The second-order valence-electron chi connectivity index (χ2n) is 2.01. The van der Waals surface area contributed by atoms with Gasteiger partial charge >= 0.3 is 0 Å². The number of hydrazine groups is 1. The van der Waals surface area contributed by atoms with Crippen LogP contribution in [0.1, 0.15) is 13.3 Å². The Labute approximate surface area is 49.3 Å².